The molecule has 2 rings (SSSR count). The lowest BCUT2D eigenvalue weighted by atomic mass is 10.1. The van der Waals surface area contributed by atoms with Crippen LogP contribution in [0.4, 0.5) is 23.2 Å². The number of rotatable bonds is 3. The first-order chi connectivity index (χ1) is 9.38. The van der Waals surface area contributed by atoms with Crippen molar-refractivity contribution in [3.05, 3.63) is 65.1 Å². The molecule has 0 atom stereocenters. The van der Waals surface area contributed by atoms with Crippen LogP contribution in [-0.2, 0) is 12.8 Å². The topological polar surface area (TPSA) is 33.0 Å². The van der Waals surface area contributed by atoms with Crippen LogP contribution in [-0.4, -0.2) is 0 Å². The monoisotopic (exact) mass is 284 g/mol. The van der Waals surface area contributed by atoms with Crippen molar-refractivity contribution in [2.75, 3.05) is 0 Å². The highest BCUT2D eigenvalue weighted by Crippen LogP contribution is 2.34. The Balaban J connectivity index is 2.24. The molecule has 0 radical (unpaired) electrons. The van der Waals surface area contributed by atoms with Gasteiger partial charge in [0.15, 0.2) is 0 Å². The number of benzene rings is 2. The number of hydrogen-bond acceptors (Lipinski definition) is 1. The minimum absolute atomic E-state index is 0.179. The predicted molar refractivity (Wildman–Crippen MR) is 66.2 cm³/mol. The van der Waals surface area contributed by atoms with Crippen molar-refractivity contribution < 1.29 is 22.3 Å². The van der Waals surface area contributed by atoms with Crippen molar-refractivity contribution in [3.63, 3.8) is 0 Å². The number of halogens is 4. The Hall–Kier alpha value is -2.24. The molecule has 0 amide bonds. The zero-order chi connectivity index (χ0) is 14.8. The van der Waals surface area contributed by atoms with Gasteiger partial charge in [0.2, 0.25) is 0 Å². The second-order valence-corrected chi connectivity index (χ2v) is 4.09. The lowest BCUT2D eigenvalue weighted by Crippen LogP contribution is -2.13. The van der Waals surface area contributed by atoms with Gasteiger partial charge >= 0.3 is 6.18 Å². The van der Waals surface area contributed by atoms with E-state index < -0.39 is 24.2 Å². The van der Waals surface area contributed by atoms with E-state index in [1.807, 2.05) is 0 Å². The summed E-state index contributed by atoms with van der Waals surface area (Å²) in [6, 6.07) is 9.07. The van der Waals surface area contributed by atoms with Crippen LogP contribution < -0.4 is 4.74 Å². The molecule has 0 aromatic heterocycles. The van der Waals surface area contributed by atoms with E-state index in [0.29, 0.717) is 0 Å². The highest BCUT2D eigenvalue weighted by molar-refractivity contribution is 5.47. The third kappa shape index (κ3) is 3.20. The molecule has 2 nitrogen and oxygen atoms in total. The van der Waals surface area contributed by atoms with Crippen molar-refractivity contribution in [1.82, 2.24) is 0 Å². The van der Waals surface area contributed by atoms with Gasteiger partial charge in [0.05, 0.1) is 5.56 Å². The summed E-state index contributed by atoms with van der Waals surface area (Å²) in [5, 5.41) is 0. The zero-order valence-corrected chi connectivity index (χ0v) is 10.2. The van der Waals surface area contributed by atoms with Gasteiger partial charge in [-0.15, -0.1) is 5.69 Å². The highest BCUT2D eigenvalue weighted by atomic mass is 19.4. The Morgan fingerprint density at radius 2 is 1.75 bits per heavy atom. The third-order valence-electron chi connectivity index (χ3n) is 2.61. The maximum absolute atomic E-state index is 13.3. The van der Waals surface area contributed by atoms with Crippen LogP contribution in [0.2, 0.25) is 0 Å². The van der Waals surface area contributed by atoms with Crippen molar-refractivity contribution in [1.29, 1.82) is 0 Å². The average Bonchev–Trinajstić information content (AvgIpc) is 2.35. The van der Waals surface area contributed by atoms with Crippen LogP contribution in [0.3, 0.4) is 0 Å². The van der Waals surface area contributed by atoms with Crippen molar-refractivity contribution in [3.8, 4) is 5.75 Å². The van der Waals surface area contributed by atoms with E-state index in [4.69, 9.17) is 10.5 Å². The largest absolute Gasteiger partial charge is 0.699 e. The van der Waals surface area contributed by atoms with Crippen molar-refractivity contribution in [2.24, 2.45) is 0 Å². The van der Waals surface area contributed by atoms with Crippen LogP contribution in [0.15, 0.2) is 42.5 Å². The van der Waals surface area contributed by atoms with Gasteiger partial charge in [-0.2, -0.15) is 13.2 Å². The molecule has 20 heavy (non-hydrogen) atoms. The summed E-state index contributed by atoms with van der Waals surface area (Å²) in [6.07, 6.45) is -4.78. The minimum Gasteiger partial charge on any atom is -0.699 e. The van der Waals surface area contributed by atoms with Crippen LogP contribution >= 0.6 is 0 Å². The normalized spacial score (nSPS) is 11.4. The maximum Gasteiger partial charge on any atom is 0.419 e. The van der Waals surface area contributed by atoms with E-state index in [9.17, 15) is 17.6 Å². The molecular formula is C14H10F4NO-. The summed E-state index contributed by atoms with van der Waals surface area (Å²) in [4.78, 5) is 0. The van der Waals surface area contributed by atoms with E-state index in [2.05, 4.69) is 0 Å². The predicted octanol–water partition coefficient (Wildman–Crippen LogP) is 5.11. The molecule has 6 heteroatoms. The molecule has 0 fully saturated rings. The number of nitrogens with one attached hydrogen (secondary N) is 1. The first kappa shape index (κ1) is 14.2. The molecule has 0 bridgehead atoms. The van der Waals surface area contributed by atoms with Gasteiger partial charge in [0, 0.05) is 5.56 Å². The summed E-state index contributed by atoms with van der Waals surface area (Å²) < 4.78 is 56.8. The summed E-state index contributed by atoms with van der Waals surface area (Å²) in [5.74, 6) is -1.07. The quantitative estimate of drug-likeness (QED) is 0.721. The van der Waals surface area contributed by atoms with Gasteiger partial charge < -0.3 is 10.5 Å². The molecule has 2 aromatic carbocycles. The SMILES string of the molecule is [NH-]c1cccc(OCc2cccc(F)c2C(F)(F)F)c1. The molecule has 1 N–H and O–H groups in total. The summed E-state index contributed by atoms with van der Waals surface area (Å²) in [7, 11) is 0. The molecule has 0 aliphatic carbocycles. The number of alkyl halides is 3. The van der Waals surface area contributed by atoms with Crippen LogP contribution in [0.25, 0.3) is 5.73 Å². The Bertz CT molecular complexity index is 610. The minimum atomic E-state index is -4.78. The van der Waals surface area contributed by atoms with E-state index in [1.54, 1.807) is 6.07 Å². The lowest BCUT2D eigenvalue weighted by Gasteiger charge is -2.15. The highest BCUT2D eigenvalue weighted by Gasteiger charge is 2.36. The number of hydrogen-bond donors (Lipinski definition) is 0. The summed E-state index contributed by atoms with van der Waals surface area (Å²) >= 11 is 0. The molecule has 0 unspecified atom stereocenters. The van der Waals surface area contributed by atoms with Gasteiger partial charge in [0.25, 0.3) is 0 Å². The second kappa shape index (κ2) is 5.40. The first-order valence-electron chi connectivity index (χ1n) is 5.67. The standard InChI is InChI=1S/C14H10F4NO/c15-12-6-1-3-9(13(12)14(16,17)18)8-20-11-5-2-4-10(19)7-11/h1-7,19H,8H2/q-1. The van der Waals surface area contributed by atoms with Gasteiger partial charge in [-0.1, -0.05) is 24.3 Å². The smallest absolute Gasteiger partial charge is 0.419 e. The maximum atomic E-state index is 13.3. The van der Waals surface area contributed by atoms with Gasteiger partial charge in [-0.25, -0.2) is 4.39 Å². The molecule has 0 aliphatic rings. The molecule has 2 aromatic rings. The Kier molecular flexibility index (Phi) is 3.83. The summed E-state index contributed by atoms with van der Waals surface area (Å²) in [6.45, 7) is -0.421. The molecular weight excluding hydrogens is 274 g/mol. The fourth-order valence-corrected chi connectivity index (χ4v) is 1.75. The fourth-order valence-electron chi connectivity index (χ4n) is 1.75. The molecule has 0 spiro atoms. The third-order valence-corrected chi connectivity index (χ3v) is 2.61. The zero-order valence-electron chi connectivity index (χ0n) is 10.2. The number of ether oxygens (including phenoxy) is 1. The Morgan fingerprint density at radius 1 is 1.05 bits per heavy atom. The van der Waals surface area contributed by atoms with Gasteiger partial charge in [-0.3, -0.25) is 0 Å². The van der Waals surface area contributed by atoms with E-state index >= 15 is 0 Å². The van der Waals surface area contributed by atoms with Crippen LogP contribution in [0, 0.1) is 5.82 Å². The average molecular weight is 284 g/mol. The summed E-state index contributed by atoms with van der Waals surface area (Å²) in [5.41, 5.74) is 5.95. The van der Waals surface area contributed by atoms with Crippen LogP contribution in [0.1, 0.15) is 11.1 Å². The van der Waals surface area contributed by atoms with Gasteiger partial charge in [-0.05, 0) is 18.2 Å². The first-order valence-corrected chi connectivity index (χ1v) is 5.67. The second-order valence-electron chi connectivity index (χ2n) is 4.09. The van der Waals surface area contributed by atoms with E-state index in [0.717, 1.165) is 12.1 Å². The van der Waals surface area contributed by atoms with Gasteiger partial charge in [0.1, 0.15) is 18.2 Å². The van der Waals surface area contributed by atoms with E-state index in [1.165, 1.54) is 24.3 Å². The van der Waals surface area contributed by atoms with E-state index in [-0.39, 0.29) is 17.0 Å². The molecule has 106 valence electrons. The molecule has 0 saturated carbocycles. The van der Waals surface area contributed by atoms with Crippen LogP contribution in [0.5, 0.6) is 5.75 Å². The van der Waals surface area contributed by atoms with Crippen molar-refractivity contribution in [2.45, 2.75) is 12.8 Å². The molecule has 0 heterocycles. The Morgan fingerprint density at radius 3 is 2.40 bits per heavy atom. The fraction of sp³-hybridized carbons (Fsp3) is 0.143. The molecule has 0 saturated heterocycles. The molecule has 0 aliphatic heterocycles. The lowest BCUT2D eigenvalue weighted by molar-refractivity contribution is -0.141. The van der Waals surface area contributed by atoms with Crippen molar-refractivity contribution >= 4 is 5.69 Å². The Labute approximate surface area is 112 Å².